The summed E-state index contributed by atoms with van der Waals surface area (Å²) >= 11 is 0. The van der Waals surface area contributed by atoms with Gasteiger partial charge in [-0.2, -0.15) is 0 Å². The third-order valence-corrected chi connectivity index (χ3v) is 5.25. The first-order chi connectivity index (χ1) is 12.6. The number of amides is 2. The number of rotatable bonds is 6. The maximum Gasteiger partial charge on any atom is 0.253 e. The van der Waals surface area contributed by atoms with E-state index in [1.807, 2.05) is 28.0 Å². The molecule has 0 radical (unpaired) electrons. The van der Waals surface area contributed by atoms with Gasteiger partial charge in [-0.05, 0) is 37.0 Å². The summed E-state index contributed by atoms with van der Waals surface area (Å²) in [5, 5.41) is 0. The molecule has 2 aliphatic heterocycles. The molecule has 2 heterocycles. The van der Waals surface area contributed by atoms with E-state index in [4.69, 9.17) is 10.5 Å². The Morgan fingerprint density at radius 3 is 3.00 bits per heavy atom. The van der Waals surface area contributed by atoms with E-state index in [2.05, 4.69) is 6.58 Å². The maximum atomic E-state index is 12.9. The average Bonchev–Trinajstić information content (AvgIpc) is 2.68. The van der Waals surface area contributed by atoms with Crippen molar-refractivity contribution in [2.24, 2.45) is 11.7 Å². The van der Waals surface area contributed by atoms with Crippen LogP contribution in [0.25, 0.3) is 0 Å². The van der Waals surface area contributed by atoms with E-state index < -0.39 is 0 Å². The van der Waals surface area contributed by atoms with E-state index >= 15 is 0 Å². The zero-order valence-electron chi connectivity index (χ0n) is 15.1. The fraction of sp³-hybridized carbons (Fsp3) is 0.500. The highest BCUT2D eigenvalue weighted by Gasteiger charge is 2.40. The van der Waals surface area contributed by atoms with Crippen LogP contribution in [0.2, 0.25) is 0 Å². The standard InChI is InChI=1S/C20H27N3O3/c1-2-12-26-17-5-3-4-15(13-17)20(25)22-10-8-18-16(14-22)6-7-19(24)23(18)11-9-21/h2-5,13,16,18H,1,6-12,14,21H2/t16-,18+/m0/s1. The first-order valence-corrected chi connectivity index (χ1v) is 9.26. The van der Waals surface area contributed by atoms with Gasteiger partial charge in [-0.15, -0.1) is 0 Å². The fourth-order valence-corrected chi connectivity index (χ4v) is 4.02. The Hall–Kier alpha value is -2.34. The molecule has 1 aromatic rings. The summed E-state index contributed by atoms with van der Waals surface area (Å²) < 4.78 is 5.53. The predicted octanol–water partition coefficient (Wildman–Crippen LogP) is 1.66. The van der Waals surface area contributed by atoms with Gasteiger partial charge in [0, 0.05) is 44.2 Å². The van der Waals surface area contributed by atoms with Crippen molar-refractivity contribution in [2.75, 3.05) is 32.8 Å². The minimum absolute atomic E-state index is 0.0229. The molecule has 2 amide bonds. The lowest BCUT2D eigenvalue weighted by molar-refractivity contribution is -0.140. The Morgan fingerprint density at radius 1 is 1.38 bits per heavy atom. The average molecular weight is 357 g/mol. The van der Waals surface area contributed by atoms with Gasteiger partial charge in [0.25, 0.3) is 5.91 Å². The molecule has 6 heteroatoms. The van der Waals surface area contributed by atoms with Crippen molar-refractivity contribution in [3.05, 3.63) is 42.5 Å². The molecule has 2 aliphatic rings. The van der Waals surface area contributed by atoms with Crippen LogP contribution in [-0.2, 0) is 4.79 Å². The van der Waals surface area contributed by atoms with E-state index in [1.54, 1.807) is 12.1 Å². The van der Waals surface area contributed by atoms with Crippen LogP contribution in [0.4, 0.5) is 0 Å². The van der Waals surface area contributed by atoms with E-state index in [9.17, 15) is 9.59 Å². The van der Waals surface area contributed by atoms with Crippen LogP contribution in [0.1, 0.15) is 29.6 Å². The lowest BCUT2D eigenvalue weighted by atomic mass is 9.83. The number of benzene rings is 1. The second-order valence-electron chi connectivity index (χ2n) is 6.91. The zero-order chi connectivity index (χ0) is 18.5. The molecule has 0 aliphatic carbocycles. The molecule has 2 fully saturated rings. The predicted molar refractivity (Wildman–Crippen MR) is 99.9 cm³/mol. The largest absolute Gasteiger partial charge is 0.490 e. The summed E-state index contributed by atoms with van der Waals surface area (Å²) in [5.41, 5.74) is 6.30. The van der Waals surface area contributed by atoms with Gasteiger partial charge < -0.3 is 20.3 Å². The van der Waals surface area contributed by atoms with Crippen LogP contribution in [-0.4, -0.2) is 60.4 Å². The lowest BCUT2D eigenvalue weighted by Gasteiger charge is -2.47. The number of piperidine rings is 2. The normalized spacial score (nSPS) is 22.7. The van der Waals surface area contributed by atoms with Gasteiger partial charge in [-0.1, -0.05) is 18.7 Å². The van der Waals surface area contributed by atoms with Crippen LogP contribution in [0, 0.1) is 5.92 Å². The summed E-state index contributed by atoms with van der Waals surface area (Å²) in [5.74, 6) is 1.22. The van der Waals surface area contributed by atoms with E-state index in [1.165, 1.54) is 0 Å². The molecule has 2 saturated heterocycles. The Bertz CT molecular complexity index is 676. The van der Waals surface area contributed by atoms with Crippen LogP contribution >= 0.6 is 0 Å². The smallest absolute Gasteiger partial charge is 0.253 e. The van der Waals surface area contributed by atoms with Crippen LogP contribution in [0.3, 0.4) is 0 Å². The van der Waals surface area contributed by atoms with Crippen LogP contribution < -0.4 is 10.5 Å². The molecule has 0 unspecified atom stereocenters. The molecule has 1 aromatic carbocycles. The highest BCUT2D eigenvalue weighted by atomic mass is 16.5. The Balaban J connectivity index is 1.67. The summed E-state index contributed by atoms with van der Waals surface area (Å²) in [4.78, 5) is 28.9. The Kier molecular flexibility index (Phi) is 5.93. The topological polar surface area (TPSA) is 75.9 Å². The number of ether oxygens (including phenoxy) is 1. The number of hydrogen-bond donors (Lipinski definition) is 1. The van der Waals surface area contributed by atoms with Gasteiger partial charge in [0.1, 0.15) is 12.4 Å². The van der Waals surface area contributed by atoms with Crippen molar-refractivity contribution < 1.29 is 14.3 Å². The maximum absolute atomic E-state index is 12.9. The van der Waals surface area contributed by atoms with E-state index in [0.717, 1.165) is 12.8 Å². The first kappa shape index (κ1) is 18.5. The van der Waals surface area contributed by atoms with Crippen molar-refractivity contribution in [3.63, 3.8) is 0 Å². The van der Waals surface area contributed by atoms with Gasteiger partial charge in [0.15, 0.2) is 0 Å². The molecule has 2 N–H and O–H groups in total. The zero-order valence-corrected chi connectivity index (χ0v) is 15.1. The number of hydrogen-bond acceptors (Lipinski definition) is 4. The molecule has 3 rings (SSSR count). The Labute approximate surface area is 154 Å². The van der Waals surface area contributed by atoms with Crippen LogP contribution in [0.15, 0.2) is 36.9 Å². The van der Waals surface area contributed by atoms with Gasteiger partial charge in [0.05, 0.1) is 0 Å². The Morgan fingerprint density at radius 2 is 2.23 bits per heavy atom. The van der Waals surface area contributed by atoms with Gasteiger partial charge >= 0.3 is 0 Å². The van der Waals surface area contributed by atoms with Gasteiger partial charge in [-0.3, -0.25) is 9.59 Å². The molecule has 26 heavy (non-hydrogen) atoms. The van der Waals surface area contributed by atoms with Crippen molar-refractivity contribution in [1.29, 1.82) is 0 Å². The fourth-order valence-electron chi connectivity index (χ4n) is 4.02. The van der Waals surface area contributed by atoms with Gasteiger partial charge in [0.2, 0.25) is 5.91 Å². The minimum atomic E-state index is 0.0229. The highest BCUT2D eigenvalue weighted by Crippen LogP contribution is 2.31. The molecule has 0 aromatic heterocycles. The van der Waals surface area contributed by atoms with Gasteiger partial charge in [-0.25, -0.2) is 0 Å². The third kappa shape index (κ3) is 3.90. The van der Waals surface area contributed by atoms with E-state index in [-0.39, 0.29) is 17.9 Å². The molecule has 0 bridgehead atoms. The van der Waals surface area contributed by atoms with Crippen molar-refractivity contribution in [3.8, 4) is 5.75 Å². The SMILES string of the molecule is C=CCOc1cccc(C(=O)N2CC[C@@H]3[C@@H](CCC(=O)N3CCN)C2)c1. The molecular weight excluding hydrogens is 330 g/mol. The minimum Gasteiger partial charge on any atom is -0.490 e. The molecule has 2 atom stereocenters. The summed E-state index contributed by atoms with van der Waals surface area (Å²) in [7, 11) is 0. The van der Waals surface area contributed by atoms with Crippen molar-refractivity contribution in [1.82, 2.24) is 9.80 Å². The molecule has 6 nitrogen and oxygen atoms in total. The second-order valence-corrected chi connectivity index (χ2v) is 6.91. The monoisotopic (exact) mass is 357 g/mol. The van der Waals surface area contributed by atoms with E-state index in [0.29, 0.717) is 56.4 Å². The molecule has 0 spiro atoms. The summed E-state index contributed by atoms with van der Waals surface area (Å²) in [6.07, 6.45) is 3.89. The van der Waals surface area contributed by atoms with Crippen molar-refractivity contribution in [2.45, 2.75) is 25.3 Å². The van der Waals surface area contributed by atoms with Crippen LogP contribution in [0.5, 0.6) is 5.75 Å². The number of carbonyl (C=O) groups excluding carboxylic acids is 2. The summed E-state index contributed by atoms with van der Waals surface area (Å²) in [6, 6.07) is 7.49. The quantitative estimate of drug-likeness (QED) is 0.786. The van der Waals surface area contributed by atoms with Crippen molar-refractivity contribution >= 4 is 11.8 Å². The lowest BCUT2D eigenvalue weighted by Crippen LogP contribution is -2.57. The highest BCUT2D eigenvalue weighted by molar-refractivity contribution is 5.94. The number of nitrogens with zero attached hydrogens (tertiary/aromatic N) is 2. The molecular formula is C20H27N3O3. The molecule has 0 saturated carbocycles. The third-order valence-electron chi connectivity index (χ3n) is 5.25. The molecule has 140 valence electrons. The first-order valence-electron chi connectivity index (χ1n) is 9.26. The number of carbonyl (C=O) groups is 2. The number of likely N-dealkylation sites (tertiary alicyclic amines) is 2. The summed E-state index contributed by atoms with van der Waals surface area (Å²) in [6.45, 7) is 6.48. The number of nitrogens with two attached hydrogens (primary N) is 1. The number of fused-ring (bicyclic) bond motifs is 1. The second kappa shape index (κ2) is 8.36.